The summed E-state index contributed by atoms with van der Waals surface area (Å²) in [6, 6.07) is 3.20. The third kappa shape index (κ3) is 4.34. The van der Waals surface area contributed by atoms with Crippen molar-refractivity contribution in [3.05, 3.63) is 41.9 Å². The van der Waals surface area contributed by atoms with Gasteiger partial charge in [-0.2, -0.15) is 0 Å². The number of rotatable bonds is 6. The van der Waals surface area contributed by atoms with Crippen molar-refractivity contribution in [2.75, 3.05) is 23.0 Å². The first-order valence-electron chi connectivity index (χ1n) is 11.6. The molecule has 9 nitrogen and oxygen atoms in total. The molecule has 0 aromatic carbocycles. The maximum Gasteiger partial charge on any atom is 0.256 e. The molecular formula is C23H29FN8O. The zero-order valence-corrected chi connectivity index (χ0v) is 18.9. The Hall–Kier alpha value is -3.30. The van der Waals surface area contributed by atoms with Crippen molar-refractivity contribution >= 4 is 24.0 Å². The van der Waals surface area contributed by atoms with Crippen LogP contribution in [0.25, 0.3) is 0 Å². The van der Waals surface area contributed by atoms with Crippen LogP contribution in [0.2, 0.25) is 0 Å². The second-order valence-electron chi connectivity index (χ2n) is 8.82. The van der Waals surface area contributed by atoms with Gasteiger partial charge in [0.1, 0.15) is 24.5 Å². The van der Waals surface area contributed by atoms with E-state index in [2.05, 4.69) is 25.4 Å². The number of carbonyl (C=O) groups is 1. The lowest BCUT2D eigenvalue weighted by molar-refractivity contribution is 0.0486. The number of aryl methyl sites for hydroxylation is 1. The molecule has 5 rings (SSSR count). The van der Waals surface area contributed by atoms with E-state index >= 15 is 4.39 Å². The van der Waals surface area contributed by atoms with Crippen molar-refractivity contribution in [1.82, 2.24) is 25.3 Å². The van der Waals surface area contributed by atoms with Crippen molar-refractivity contribution in [1.29, 1.82) is 0 Å². The highest BCUT2D eigenvalue weighted by atomic mass is 19.1. The summed E-state index contributed by atoms with van der Waals surface area (Å²) in [4.78, 5) is 34.5. The maximum absolute atomic E-state index is 15.4. The minimum Gasteiger partial charge on any atom is -0.338 e. The van der Waals surface area contributed by atoms with E-state index in [1.165, 1.54) is 0 Å². The van der Waals surface area contributed by atoms with E-state index in [1.807, 2.05) is 23.8 Å². The van der Waals surface area contributed by atoms with Gasteiger partial charge >= 0.3 is 0 Å². The number of halogens is 1. The smallest absolute Gasteiger partial charge is 0.256 e. The molecule has 2 aliphatic heterocycles. The lowest BCUT2D eigenvalue weighted by Crippen LogP contribution is -2.55. The standard InChI is InChI=1S/C23H29FN8O/c1-3-16-10-26-23(27-11-16)30-9-8-20(19(24)13-30)31(18-5-6-18)22(33)17-4-7-21(25-12-17)32-15(2)28-14-29-32/h4,7,10-12,14-15,18-20H,3,5-6,8-9,13H2,1-2H3,(H,28,29)/t15?,19-,20+/m0/s1. The molecule has 0 bridgehead atoms. The molecule has 3 atom stereocenters. The van der Waals surface area contributed by atoms with Crippen LogP contribution in [0.15, 0.2) is 35.7 Å². The number of anilines is 2. The minimum atomic E-state index is -1.17. The molecule has 10 heteroatoms. The van der Waals surface area contributed by atoms with E-state index in [1.54, 1.807) is 42.0 Å². The number of hydrogen-bond donors (Lipinski definition) is 1. The summed E-state index contributed by atoms with van der Waals surface area (Å²) in [5.74, 6) is 1.08. The summed E-state index contributed by atoms with van der Waals surface area (Å²) in [6.45, 7) is 4.79. The topological polar surface area (TPSA) is 89.9 Å². The first kappa shape index (κ1) is 21.5. The molecule has 0 spiro atoms. The summed E-state index contributed by atoms with van der Waals surface area (Å²) in [5.41, 5.74) is 4.56. The van der Waals surface area contributed by atoms with Gasteiger partial charge in [0.15, 0.2) is 0 Å². The van der Waals surface area contributed by atoms with Crippen LogP contribution in [-0.4, -0.2) is 69.6 Å². The van der Waals surface area contributed by atoms with Gasteiger partial charge in [-0.3, -0.25) is 10.2 Å². The minimum absolute atomic E-state index is 0.0679. The lowest BCUT2D eigenvalue weighted by Gasteiger charge is -2.41. The van der Waals surface area contributed by atoms with Crippen LogP contribution in [0.1, 0.15) is 49.0 Å². The highest BCUT2D eigenvalue weighted by molar-refractivity contribution is 5.95. The number of amides is 1. The quantitative estimate of drug-likeness (QED) is 0.720. The predicted octanol–water partition coefficient (Wildman–Crippen LogP) is 2.35. The van der Waals surface area contributed by atoms with Crippen molar-refractivity contribution in [3.8, 4) is 0 Å². The van der Waals surface area contributed by atoms with Crippen LogP contribution >= 0.6 is 0 Å². The normalized spacial score (nSPS) is 24.6. The Morgan fingerprint density at radius 1 is 1.18 bits per heavy atom. The average molecular weight is 453 g/mol. The van der Waals surface area contributed by atoms with Crippen LogP contribution in [0.3, 0.4) is 0 Å². The number of piperidine rings is 1. The molecular weight excluding hydrogens is 423 g/mol. The van der Waals surface area contributed by atoms with Gasteiger partial charge in [0.2, 0.25) is 5.95 Å². The fourth-order valence-corrected chi connectivity index (χ4v) is 4.46. The van der Waals surface area contributed by atoms with Crippen molar-refractivity contribution in [2.24, 2.45) is 4.99 Å². The summed E-state index contributed by atoms with van der Waals surface area (Å²) in [7, 11) is 0. The van der Waals surface area contributed by atoms with Crippen LogP contribution in [0, 0.1) is 0 Å². The van der Waals surface area contributed by atoms with Gasteiger partial charge in [-0.15, -0.1) is 0 Å². The monoisotopic (exact) mass is 452 g/mol. The number of hydrazine groups is 1. The molecule has 2 aromatic heterocycles. The number of aliphatic imine (C=N–C) groups is 1. The Bertz CT molecular complexity index is 1010. The Morgan fingerprint density at radius 3 is 2.55 bits per heavy atom. The molecule has 33 heavy (non-hydrogen) atoms. The molecule has 1 saturated carbocycles. The fraction of sp³-hybridized carbons (Fsp3) is 0.522. The number of aromatic nitrogens is 3. The molecule has 1 amide bonds. The largest absolute Gasteiger partial charge is 0.338 e. The number of nitrogens with one attached hydrogen (secondary N) is 1. The van der Waals surface area contributed by atoms with Gasteiger partial charge in [0.25, 0.3) is 5.91 Å². The summed E-state index contributed by atoms with van der Waals surface area (Å²) in [5, 5.41) is 1.81. The Morgan fingerprint density at radius 2 is 1.97 bits per heavy atom. The van der Waals surface area contributed by atoms with E-state index in [9.17, 15) is 4.79 Å². The number of alkyl halides is 1. The summed E-state index contributed by atoms with van der Waals surface area (Å²) < 4.78 is 15.4. The van der Waals surface area contributed by atoms with Crippen LogP contribution in [0.5, 0.6) is 0 Å². The maximum atomic E-state index is 15.4. The molecule has 1 aliphatic carbocycles. The van der Waals surface area contributed by atoms with Gasteiger partial charge in [-0.25, -0.2) is 29.3 Å². The second-order valence-corrected chi connectivity index (χ2v) is 8.82. The first-order chi connectivity index (χ1) is 16.0. The SMILES string of the molecule is CCc1cnc(N2CC[C@@H](N(C(=O)c3ccc(N4NC=NC4C)nc3)C3CC3)[C@@H](F)C2)nc1. The molecule has 2 aromatic rings. The van der Waals surface area contributed by atoms with Crippen LogP contribution < -0.4 is 15.3 Å². The molecule has 2 fully saturated rings. The molecule has 174 valence electrons. The van der Waals surface area contributed by atoms with E-state index < -0.39 is 12.2 Å². The molecule has 1 unspecified atom stereocenters. The Kier molecular flexibility index (Phi) is 5.82. The highest BCUT2D eigenvalue weighted by Gasteiger charge is 2.43. The highest BCUT2D eigenvalue weighted by Crippen LogP contribution is 2.34. The number of hydrogen-bond acceptors (Lipinski definition) is 8. The van der Waals surface area contributed by atoms with E-state index in [4.69, 9.17) is 0 Å². The zero-order chi connectivity index (χ0) is 22.9. The third-order valence-corrected chi connectivity index (χ3v) is 6.52. The van der Waals surface area contributed by atoms with Gasteiger partial charge in [0.05, 0.1) is 18.2 Å². The predicted molar refractivity (Wildman–Crippen MR) is 124 cm³/mol. The van der Waals surface area contributed by atoms with Crippen LogP contribution in [0.4, 0.5) is 16.2 Å². The Balaban J connectivity index is 1.28. The fourth-order valence-electron chi connectivity index (χ4n) is 4.46. The van der Waals surface area contributed by atoms with Gasteiger partial charge in [-0.05, 0) is 50.3 Å². The third-order valence-electron chi connectivity index (χ3n) is 6.52. The Labute approximate surface area is 192 Å². The lowest BCUT2D eigenvalue weighted by atomic mass is 10.00. The molecule has 3 aliphatic rings. The zero-order valence-electron chi connectivity index (χ0n) is 18.9. The number of pyridine rings is 1. The molecule has 4 heterocycles. The number of carbonyl (C=O) groups excluding carboxylic acids is 1. The summed E-state index contributed by atoms with van der Waals surface area (Å²) >= 11 is 0. The van der Waals surface area contributed by atoms with Crippen molar-refractivity contribution in [2.45, 2.75) is 64.0 Å². The van der Waals surface area contributed by atoms with Gasteiger partial charge < -0.3 is 9.80 Å². The van der Waals surface area contributed by atoms with Crippen molar-refractivity contribution in [3.63, 3.8) is 0 Å². The van der Waals surface area contributed by atoms with Gasteiger partial charge in [-0.1, -0.05) is 6.92 Å². The van der Waals surface area contributed by atoms with Crippen LogP contribution in [-0.2, 0) is 6.42 Å². The summed E-state index contributed by atoms with van der Waals surface area (Å²) in [6.07, 6.45) is 8.79. The van der Waals surface area contributed by atoms with E-state index in [0.717, 1.165) is 24.8 Å². The first-order valence-corrected chi connectivity index (χ1v) is 11.6. The van der Waals surface area contributed by atoms with Crippen molar-refractivity contribution < 1.29 is 9.18 Å². The van der Waals surface area contributed by atoms with Gasteiger partial charge in [0, 0.05) is 31.2 Å². The average Bonchev–Trinajstić information content (AvgIpc) is 3.59. The second kappa shape index (κ2) is 8.92. The molecule has 1 N–H and O–H groups in total. The molecule has 1 saturated heterocycles. The van der Waals surface area contributed by atoms with E-state index in [-0.39, 0.29) is 24.7 Å². The number of nitrogens with zero attached hydrogens (tertiary/aromatic N) is 7. The van der Waals surface area contributed by atoms with E-state index in [0.29, 0.717) is 30.3 Å². The molecule has 0 radical (unpaired) electrons.